The van der Waals surface area contributed by atoms with Crippen molar-refractivity contribution in [3.63, 3.8) is 0 Å². The van der Waals surface area contributed by atoms with Crippen LogP contribution < -0.4 is 21.1 Å². The zero-order valence-corrected chi connectivity index (χ0v) is 18.8. The van der Waals surface area contributed by atoms with Gasteiger partial charge < -0.3 is 20.4 Å². The highest BCUT2D eigenvalue weighted by Crippen LogP contribution is 2.26. The maximum atomic E-state index is 12.9. The van der Waals surface area contributed by atoms with Crippen LogP contribution in [0.4, 0.5) is 16.5 Å². The van der Waals surface area contributed by atoms with Crippen molar-refractivity contribution in [3.05, 3.63) is 40.9 Å². The van der Waals surface area contributed by atoms with Crippen LogP contribution in [0.2, 0.25) is 0 Å². The standard InChI is InChI=1S/C21H25N7O3S/c1-3-26-7-9-27(10-8-26)21-25-19-18(32-21)20(31)28(13-22-19)12-17(30)24-16-6-4-5-15(11-16)23-14(2)29/h4-6,11,13H,3,7-10,12H2,1-2H3,(H,23,29)(H,24,30). The van der Waals surface area contributed by atoms with Gasteiger partial charge in [-0.15, -0.1) is 0 Å². The van der Waals surface area contributed by atoms with Gasteiger partial charge in [0.15, 0.2) is 10.8 Å². The fourth-order valence-corrected chi connectivity index (χ4v) is 4.59. The van der Waals surface area contributed by atoms with Gasteiger partial charge in [-0.3, -0.25) is 19.0 Å². The second-order valence-corrected chi connectivity index (χ2v) is 8.54. The first-order chi connectivity index (χ1) is 15.4. The number of aromatic nitrogens is 3. The van der Waals surface area contributed by atoms with Crippen LogP contribution in [-0.4, -0.2) is 64.0 Å². The van der Waals surface area contributed by atoms with Crippen LogP contribution in [0, 0.1) is 0 Å². The van der Waals surface area contributed by atoms with E-state index < -0.39 is 0 Å². The zero-order chi connectivity index (χ0) is 22.7. The van der Waals surface area contributed by atoms with Gasteiger partial charge in [0.2, 0.25) is 11.8 Å². The first-order valence-electron chi connectivity index (χ1n) is 10.4. The van der Waals surface area contributed by atoms with Gasteiger partial charge in [-0.25, -0.2) is 4.98 Å². The summed E-state index contributed by atoms with van der Waals surface area (Å²) < 4.78 is 1.73. The Morgan fingerprint density at radius 3 is 2.53 bits per heavy atom. The Bertz CT molecular complexity index is 1200. The average Bonchev–Trinajstić information content (AvgIpc) is 3.21. The molecule has 2 N–H and O–H groups in total. The maximum Gasteiger partial charge on any atom is 0.273 e. The van der Waals surface area contributed by atoms with Crippen molar-refractivity contribution in [2.75, 3.05) is 48.3 Å². The first kappa shape index (κ1) is 21.9. The van der Waals surface area contributed by atoms with Gasteiger partial charge in [0.25, 0.3) is 5.56 Å². The Labute approximate surface area is 188 Å². The number of nitrogens with one attached hydrogen (secondary N) is 2. The summed E-state index contributed by atoms with van der Waals surface area (Å²) in [4.78, 5) is 50.0. The van der Waals surface area contributed by atoms with E-state index in [2.05, 4.69) is 37.3 Å². The molecule has 0 bridgehead atoms. The van der Waals surface area contributed by atoms with Crippen LogP contribution in [-0.2, 0) is 16.1 Å². The van der Waals surface area contributed by atoms with Crippen molar-refractivity contribution >= 4 is 50.0 Å². The molecule has 0 saturated carbocycles. The molecule has 3 aromatic rings. The predicted molar refractivity (Wildman–Crippen MR) is 125 cm³/mol. The van der Waals surface area contributed by atoms with Crippen molar-refractivity contribution in [2.45, 2.75) is 20.4 Å². The van der Waals surface area contributed by atoms with Crippen LogP contribution >= 0.6 is 11.3 Å². The number of hydrogen-bond acceptors (Lipinski definition) is 8. The number of anilines is 3. The minimum Gasteiger partial charge on any atom is -0.345 e. The van der Waals surface area contributed by atoms with E-state index in [-0.39, 0.29) is 23.9 Å². The van der Waals surface area contributed by atoms with Crippen LogP contribution in [0.15, 0.2) is 35.4 Å². The third-order valence-electron chi connectivity index (χ3n) is 5.24. The number of carbonyl (C=O) groups is 2. The number of rotatable bonds is 6. The van der Waals surface area contributed by atoms with Crippen LogP contribution in [0.1, 0.15) is 13.8 Å². The van der Waals surface area contributed by atoms with Crippen molar-refractivity contribution in [3.8, 4) is 0 Å². The molecule has 1 aliphatic rings. The third kappa shape index (κ3) is 4.94. The molecule has 0 unspecified atom stereocenters. The molecule has 2 amide bonds. The van der Waals surface area contributed by atoms with Crippen LogP contribution in [0.25, 0.3) is 10.3 Å². The largest absolute Gasteiger partial charge is 0.345 e. The first-order valence-corrected chi connectivity index (χ1v) is 11.3. The summed E-state index contributed by atoms with van der Waals surface area (Å²) in [7, 11) is 0. The van der Waals surface area contributed by atoms with E-state index in [1.54, 1.807) is 24.3 Å². The molecule has 32 heavy (non-hydrogen) atoms. The molecule has 11 heteroatoms. The molecule has 3 heterocycles. The molecule has 0 radical (unpaired) electrons. The van der Waals surface area contributed by atoms with E-state index in [1.165, 1.54) is 29.2 Å². The number of hydrogen-bond donors (Lipinski definition) is 2. The van der Waals surface area contributed by atoms with Gasteiger partial charge in [0, 0.05) is 44.5 Å². The van der Waals surface area contributed by atoms with E-state index in [0.29, 0.717) is 21.7 Å². The van der Waals surface area contributed by atoms with Crippen molar-refractivity contribution < 1.29 is 9.59 Å². The fourth-order valence-electron chi connectivity index (χ4n) is 3.57. The lowest BCUT2D eigenvalue weighted by atomic mass is 10.2. The molecular formula is C21H25N7O3S. The number of thiazole rings is 1. The lowest BCUT2D eigenvalue weighted by Crippen LogP contribution is -2.46. The van der Waals surface area contributed by atoms with Crippen molar-refractivity contribution in [1.82, 2.24) is 19.4 Å². The second-order valence-electron chi connectivity index (χ2n) is 7.56. The Morgan fingerprint density at radius 1 is 1.12 bits per heavy atom. The molecule has 2 aromatic heterocycles. The van der Waals surface area contributed by atoms with E-state index in [9.17, 15) is 14.4 Å². The number of carbonyl (C=O) groups excluding carboxylic acids is 2. The lowest BCUT2D eigenvalue weighted by Gasteiger charge is -2.33. The van der Waals surface area contributed by atoms with E-state index in [4.69, 9.17) is 0 Å². The highest BCUT2D eigenvalue weighted by Gasteiger charge is 2.20. The quantitative estimate of drug-likeness (QED) is 0.580. The summed E-state index contributed by atoms with van der Waals surface area (Å²) in [5.74, 6) is -0.566. The molecular weight excluding hydrogens is 430 g/mol. The number of likely N-dealkylation sites (N-methyl/N-ethyl adjacent to an activating group) is 1. The molecule has 4 rings (SSSR count). The lowest BCUT2D eigenvalue weighted by molar-refractivity contribution is -0.117. The summed E-state index contributed by atoms with van der Waals surface area (Å²) in [6, 6.07) is 6.81. The van der Waals surface area contributed by atoms with Crippen molar-refractivity contribution in [1.29, 1.82) is 0 Å². The number of fused-ring (bicyclic) bond motifs is 1. The monoisotopic (exact) mass is 455 g/mol. The Balaban J connectivity index is 1.46. The summed E-state index contributed by atoms with van der Waals surface area (Å²) >= 11 is 1.32. The SMILES string of the molecule is CCN1CCN(c2nc3ncn(CC(=O)Nc4cccc(NC(C)=O)c4)c(=O)c3s2)CC1. The van der Waals surface area contributed by atoms with Crippen LogP contribution in [0.3, 0.4) is 0 Å². The summed E-state index contributed by atoms with van der Waals surface area (Å²) in [5.41, 5.74) is 1.22. The molecule has 10 nitrogen and oxygen atoms in total. The molecule has 1 aromatic carbocycles. The van der Waals surface area contributed by atoms with E-state index in [0.717, 1.165) is 37.9 Å². The summed E-state index contributed by atoms with van der Waals surface area (Å²) in [6.07, 6.45) is 1.36. The minimum absolute atomic E-state index is 0.172. The Kier molecular flexibility index (Phi) is 6.47. The Morgan fingerprint density at radius 2 is 1.84 bits per heavy atom. The molecule has 1 saturated heterocycles. The zero-order valence-electron chi connectivity index (χ0n) is 18.0. The van der Waals surface area contributed by atoms with Gasteiger partial charge in [-0.2, -0.15) is 4.98 Å². The molecule has 1 fully saturated rings. The number of piperazine rings is 1. The van der Waals surface area contributed by atoms with Gasteiger partial charge in [0.1, 0.15) is 17.6 Å². The smallest absolute Gasteiger partial charge is 0.273 e. The number of nitrogens with zero attached hydrogens (tertiary/aromatic N) is 5. The fraction of sp³-hybridized carbons (Fsp3) is 0.381. The number of amides is 2. The number of benzene rings is 1. The molecule has 1 aliphatic heterocycles. The third-order valence-corrected chi connectivity index (χ3v) is 6.34. The van der Waals surface area contributed by atoms with Crippen molar-refractivity contribution in [2.24, 2.45) is 0 Å². The van der Waals surface area contributed by atoms with Gasteiger partial charge in [-0.05, 0) is 24.7 Å². The highest BCUT2D eigenvalue weighted by molar-refractivity contribution is 7.22. The molecule has 0 aliphatic carbocycles. The summed E-state index contributed by atoms with van der Waals surface area (Å²) in [5, 5.41) is 6.20. The minimum atomic E-state index is -0.367. The predicted octanol–water partition coefficient (Wildman–Crippen LogP) is 1.59. The molecule has 0 spiro atoms. The van der Waals surface area contributed by atoms with Gasteiger partial charge in [0.05, 0.1) is 0 Å². The maximum absolute atomic E-state index is 12.9. The normalized spacial score (nSPS) is 14.5. The second kappa shape index (κ2) is 9.45. The van der Waals surface area contributed by atoms with Crippen LogP contribution in [0.5, 0.6) is 0 Å². The average molecular weight is 456 g/mol. The van der Waals surface area contributed by atoms with E-state index in [1.807, 2.05) is 0 Å². The topological polar surface area (TPSA) is 112 Å². The van der Waals surface area contributed by atoms with Gasteiger partial charge >= 0.3 is 0 Å². The molecule has 0 atom stereocenters. The molecule has 168 valence electrons. The summed E-state index contributed by atoms with van der Waals surface area (Å²) in [6.45, 7) is 8.07. The van der Waals surface area contributed by atoms with Gasteiger partial charge in [-0.1, -0.05) is 24.3 Å². The highest BCUT2D eigenvalue weighted by atomic mass is 32.1. The Hall–Kier alpha value is -3.31. The van der Waals surface area contributed by atoms with E-state index >= 15 is 0 Å².